The van der Waals surface area contributed by atoms with Crippen molar-refractivity contribution in [1.82, 2.24) is 0 Å². The molecule has 25 heavy (non-hydrogen) atoms. The van der Waals surface area contributed by atoms with Crippen LogP contribution < -0.4 is 0 Å². The van der Waals surface area contributed by atoms with Crippen LogP contribution in [-0.4, -0.2) is 5.71 Å². The Morgan fingerprint density at radius 1 is 0.920 bits per heavy atom. The monoisotopic (exact) mass is 333 g/mol. The third-order valence-electron chi connectivity index (χ3n) is 3.15. The first-order valence-electron chi connectivity index (χ1n) is 8.45. The van der Waals surface area contributed by atoms with Gasteiger partial charge >= 0.3 is 0 Å². The number of hydrogen-bond donors (Lipinski definition) is 0. The van der Waals surface area contributed by atoms with Gasteiger partial charge in [-0.25, -0.2) is 0 Å². The summed E-state index contributed by atoms with van der Waals surface area (Å²) in [4.78, 5) is 4.53. The third kappa shape index (κ3) is 10.7. The zero-order valence-electron chi connectivity index (χ0n) is 16.1. The number of hydrogen-bond acceptors (Lipinski definition) is 1. The van der Waals surface area contributed by atoms with E-state index in [1.807, 2.05) is 37.3 Å². The molecular formula is C24H31N. The van der Waals surface area contributed by atoms with E-state index >= 15 is 0 Å². The zero-order valence-corrected chi connectivity index (χ0v) is 16.1. The molecule has 0 unspecified atom stereocenters. The number of nitrogens with zero attached hydrogens (tertiary/aromatic N) is 1. The van der Waals surface area contributed by atoms with E-state index in [1.54, 1.807) is 12.2 Å². The molecule has 0 aliphatic rings. The SMILES string of the molecule is C=CC.C=CCC(C=C)=Nc1ccc(C)cc1C.Cc1ccccc1. The van der Waals surface area contributed by atoms with Crippen molar-refractivity contribution in [2.75, 3.05) is 0 Å². The maximum Gasteiger partial charge on any atom is 0.0662 e. The van der Waals surface area contributed by atoms with Crippen LogP contribution in [0.1, 0.15) is 30.0 Å². The van der Waals surface area contributed by atoms with E-state index in [9.17, 15) is 0 Å². The molecule has 1 nitrogen and oxygen atoms in total. The van der Waals surface area contributed by atoms with Crippen molar-refractivity contribution in [2.45, 2.75) is 34.1 Å². The van der Waals surface area contributed by atoms with Gasteiger partial charge in [0.15, 0.2) is 0 Å². The normalized spacial score (nSPS) is 9.68. The molecule has 0 amide bonds. The van der Waals surface area contributed by atoms with E-state index in [1.165, 1.54) is 16.7 Å². The standard InChI is InChI=1S/C14H17N.C7H8.C3H6/c1-5-7-13(6-2)15-14-9-8-11(3)10-12(14)4;1-7-5-3-2-4-6-7;1-3-2/h5-6,8-10H,1-2,7H2,3-4H3;2-6H,1H3;3H,1H2,2H3. The molecule has 132 valence electrons. The number of aryl methyl sites for hydroxylation is 3. The van der Waals surface area contributed by atoms with Gasteiger partial charge in [0.2, 0.25) is 0 Å². The topological polar surface area (TPSA) is 12.4 Å². The molecule has 0 heterocycles. The van der Waals surface area contributed by atoms with Crippen molar-refractivity contribution in [3.63, 3.8) is 0 Å². The van der Waals surface area contributed by atoms with Crippen molar-refractivity contribution in [3.8, 4) is 0 Å². The Morgan fingerprint density at radius 2 is 1.52 bits per heavy atom. The lowest BCUT2D eigenvalue weighted by molar-refractivity contribution is 1.33. The summed E-state index contributed by atoms with van der Waals surface area (Å²) in [5, 5.41) is 0. The Labute approximate surface area is 154 Å². The van der Waals surface area contributed by atoms with Gasteiger partial charge in [-0.1, -0.05) is 72.3 Å². The van der Waals surface area contributed by atoms with Crippen molar-refractivity contribution in [3.05, 3.63) is 103 Å². The molecule has 2 aromatic rings. The van der Waals surface area contributed by atoms with E-state index in [0.717, 1.165) is 17.8 Å². The van der Waals surface area contributed by atoms with Gasteiger partial charge in [0.05, 0.1) is 5.69 Å². The van der Waals surface area contributed by atoms with Crippen molar-refractivity contribution in [1.29, 1.82) is 0 Å². The fourth-order valence-corrected chi connectivity index (χ4v) is 1.94. The van der Waals surface area contributed by atoms with Gasteiger partial charge in [0.25, 0.3) is 0 Å². The summed E-state index contributed by atoms with van der Waals surface area (Å²) in [5.74, 6) is 0. The lowest BCUT2D eigenvalue weighted by Crippen LogP contribution is -1.90. The van der Waals surface area contributed by atoms with Crippen LogP contribution in [-0.2, 0) is 0 Å². The molecule has 0 saturated carbocycles. The van der Waals surface area contributed by atoms with E-state index in [0.29, 0.717) is 0 Å². The highest BCUT2D eigenvalue weighted by Crippen LogP contribution is 2.20. The number of allylic oxidation sites excluding steroid dienone is 3. The number of rotatable bonds is 4. The van der Waals surface area contributed by atoms with Gasteiger partial charge in [-0.05, 0) is 45.4 Å². The molecule has 0 N–H and O–H groups in total. The van der Waals surface area contributed by atoms with Gasteiger partial charge in [0.1, 0.15) is 0 Å². The van der Waals surface area contributed by atoms with Crippen LogP contribution in [0.15, 0.2) is 91.5 Å². The first-order chi connectivity index (χ1) is 12.0. The van der Waals surface area contributed by atoms with Gasteiger partial charge in [0, 0.05) is 12.1 Å². The first kappa shape index (κ1) is 22.3. The third-order valence-corrected chi connectivity index (χ3v) is 3.15. The fourth-order valence-electron chi connectivity index (χ4n) is 1.94. The van der Waals surface area contributed by atoms with Crippen LogP contribution in [0.3, 0.4) is 0 Å². The Bertz CT molecular complexity index is 678. The highest BCUT2D eigenvalue weighted by molar-refractivity contribution is 5.97. The minimum Gasteiger partial charge on any atom is -0.253 e. The highest BCUT2D eigenvalue weighted by atomic mass is 14.7. The maximum atomic E-state index is 4.53. The van der Waals surface area contributed by atoms with Crippen LogP contribution >= 0.6 is 0 Å². The molecule has 1 heteroatoms. The lowest BCUT2D eigenvalue weighted by atomic mass is 10.1. The molecule has 0 bridgehead atoms. The quantitative estimate of drug-likeness (QED) is 0.410. The Kier molecular flexibility index (Phi) is 12.3. The second-order valence-electron chi connectivity index (χ2n) is 5.65. The van der Waals surface area contributed by atoms with E-state index in [-0.39, 0.29) is 0 Å². The molecule has 2 aromatic carbocycles. The summed E-state index contributed by atoms with van der Waals surface area (Å²) in [6, 6.07) is 16.5. The highest BCUT2D eigenvalue weighted by Gasteiger charge is 1.97. The van der Waals surface area contributed by atoms with Gasteiger partial charge in [-0.15, -0.1) is 13.2 Å². The molecule has 0 aromatic heterocycles. The minimum atomic E-state index is 0.761. The van der Waals surface area contributed by atoms with Crippen molar-refractivity contribution >= 4 is 11.4 Å². The van der Waals surface area contributed by atoms with Gasteiger partial charge < -0.3 is 0 Å². The van der Waals surface area contributed by atoms with Crippen LogP contribution in [0.5, 0.6) is 0 Å². The van der Waals surface area contributed by atoms with Gasteiger partial charge in [-0.2, -0.15) is 0 Å². The summed E-state index contributed by atoms with van der Waals surface area (Å²) in [5.41, 5.74) is 5.74. The van der Waals surface area contributed by atoms with E-state index in [2.05, 4.69) is 69.8 Å². The van der Waals surface area contributed by atoms with Crippen molar-refractivity contribution in [2.24, 2.45) is 4.99 Å². The Hall–Kier alpha value is -2.67. The summed E-state index contributed by atoms with van der Waals surface area (Å²) in [7, 11) is 0. The lowest BCUT2D eigenvalue weighted by Gasteiger charge is -2.03. The summed E-state index contributed by atoms with van der Waals surface area (Å²) >= 11 is 0. The average molecular weight is 334 g/mol. The predicted octanol–water partition coefficient (Wildman–Crippen LogP) is 7.33. The molecular weight excluding hydrogens is 302 g/mol. The molecule has 0 fully saturated rings. The molecule has 0 spiro atoms. The Balaban J connectivity index is 0.000000475. The smallest absolute Gasteiger partial charge is 0.0662 e. The van der Waals surface area contributed by atoms with Crippen molar-refractivity contribution < 1.29 is 0 Å². The Morgan fingerprint density at radius 3 is 1.92 bits per heavy atom. The van der Waals surface area contributed by atoms with Crippen LogP contribution in [0.4, 0.5) is 5.69 Å². The minimum absolute atomic E-state index is 0.761. The molecule has 0 atom stereocenters. The summed E-state index contributed by atoms with van der Waals surface area (Å²) in [6.45, 7) is 18.9. The molecule has 0 radical (unpaired) electrons. The number of aliphatic imine (C=N–C) groups is 1. The maximum absolute atomic E-state index is 4.53. The van der Waals surface area contributed by atoms with Crippen LogP contribution in [0.2, 0.25) is 0 Å². The largest absolute Gasteiger partial charge is 0.253 e. The molecule has 0 aliphatic carbocycles. The second kappa shape index (κ2) is 13.7. The van der Waals surface area contributed by atoms with E-state index in [4.69, 9.17) is 0 Å². The summed E-state index contributed by atoms with van der Waals surface area (Å²) < 4.78 is 0. The molecule has 0 aliphatic heterocycles. The second-order valence-corrected chi connectivity index (χ2v) is 5.65. The first-order valence-corrected chi connectivity index (χ1v) is 8.45. The number of benzene rings is 2. The van der Waals surface area contributed by atoms with Crippen LogP contribution in [0.25, 0.3) is 0 Å². The zero-order chi connectivity index (χ0) is 19.1. The van der Waals surface area contributed by atoms with Gasteiger partial charge in [-0.3, -0.25) is 4.99 Å². The molecule has 0 saturated heterocycles. The predicted molar refractivity (Wildman–Crippen MR) is 115 cm³/mol. The molecule has 2 rings (SSSR count). The van der Waals surface area contributed by atoms with E-state index < -0.39 is 0 Å². The fraction of sp³-hybridized carbons (Fsp3) is 0.208. The van der Waals surface area contributed by atoms with Crippen LogP contribution in [0, 0.1) is 20.8 Å². The average Bonchev–Trinajstić information content (AvgIpc) is 2.58. The summed E-state index contributed by atoms with van der Waals surface area (Å²) in [6.07, 6.45) is 6.13.